The van der Waals surface area contributed by atoms with Gasteiger partial charge in [0.15, 0.2) is 0 Å². The van der Waals surface area contributed by atoms with E-state index < -0.39 is 0 Å². The van der Waals surface area contributed by atoms with Crippen LogP contribution in [0.3, 0.4) is 0 Å². The molecule has 0 saturated carbocycles. The van der Waals surface area contributed by atoms with Crippen molar-refractivity contribution < 1.29 is 8.78 Å². The lowest BCUT2D eigenvalue weighted by atomic mass is 10.3. The van der Waals surface area contributed by atoms with E-state index in [0.717, 1.165) is 20.5 Å². The van der Waals surface area contributed by atoms with Gasteiger partial charge in [-0.05, 0) is 83.0 Å². The van der Waals surface area contributed by atoms with E-state index in [1.807, 2.05) is 6.20 Å². The molecule has 0 saturated heterocycles. The second-order valence-corrected chi connectivity index (χ2v) is 9.05. The average molecular weight is 656 g/mol. The zero-order valence-corrected chi connectivity index (χ0v) is 23.3. The third-order valence-corrected chi connectivity index (χ3v) is 5.48. The van der Waals surface area contributed by atoms with Gasteiger partial charge in [-0.2, -0.15) is 10.2 Å². The summed E-state index contributed by atoms with van der Waals surface area (Å²) in [6, 6.07) is 12.3. The lowest BCUT2D eigenvalue weighted by Crippen LogP contribution is -1.93. The molecule has 0 N–H and O–H groups in total. The Morgan fingerprint density at radius 2 is 1.17 bits per heavy atom. The Labute approximate surface area is 248 Å². The molecule has 8 nitrogen and oxygen atoms in total. The normalized spacial score (nSPS) is 9.61. The molecule has 11 heteroatoms. The van der Waals surface area contributed by atoms with Gasteiger partial charge in [0.2, 0.25) is 0 Å². The van der Waals surface area contributed by atoms with E-state index in [1.54, 1.807) is 89.4 Å². The number of halogens is 3. The third kappa shape index (κ3) is 9.16. The molecule has 0 bridgehead atoms. The van der Waals surface area contributed by atoms with Gasteiger partial charge in [-0.25, -0.2) is 28.1 Å². The minimum Gasteiger partial charge on any atom is -0.260 e. The Hall–Kier alpha value is -5.27. The van der Waals surface area contributed by atoms with Crippen LogP contribution in [-0.2, 0) is 0 Å². The molecule has 0 atom stereocenters. The van der Waals surface area contributed by atoms with Crippen LogP contribution in [-0.4, -0.2) is 39.5 Å². The molecule has 6 rings (SSSR count). The van der Waals surface area contributed by atoms with Crippen molar-refractivity contribution in [3.05, 3.63) is 143 Å². The summed E-state index contributed by atoms with van der Waals surface area (Å²) in [5.74, 6) is 7.70. The minimum absolute atomic E-state index is 0.231. The fourth-order valence-corrected chi connectivity index (χ4v) is 3.42. The van der Waals surface area contributed by atoms with Crippen LogP contribution < -0.4 is 0 Å². The first kappa shape index (κ1) is 28.7. The molecule has 0 radical (unpaired) electrons. The first-order chi connectivity index (χ1) is 20.0. The first-order valence-corrected chi connectivity index (χ1v) is 12.9. The third-order valence-electron chi connectivity index (χ3n) is 4.93. The van der Waals surface area contributed by atoms with E-state index >= 15 is 0 Å². The van der Waals surface area contributed by atoms with Gasteiger partial charge in [-0.1, -0.05) is 5.92 Å². The number of hydrogen-bond donors (Lipinski definition) is 0. The highest BCUT2D eigenvalue weighted by molar-refractivity contribution is 14.1. The molecule has 0 aliphatic carbocycles. The summed E-state index contributed by atoms with van der Waals surface area (Å²) in [4.78, 5) is 15.5. The van der Waals surface area contributed by atoms with Crippen LogP contribution in [0.1, 0.15) is 17.0 Å². The van der Waals surface area contributed by atoms with E-state index in [9.17, 15) is 8.78 Å². The van der Waals surface area contributed by atoms with Crippen LogP contribution in [0.4, 0.5) is 8.78 Å². The zero-order valence-electron chi connectivity index (χ0n) is 21.2. The lowest BCUT2D eigenvalue weighted by Gasteiger charge is -1.99. The first-order valence-electron chi connectivity index (χ1n) is 11.8. The second kappa shape index (κ2) is 14.8. The van der Waals surface area contributed by atoms with Crippen molar-refractivity contribution in [3.63, 3.8) is 0 Å². The van der Waals surface area contributed by atoms with Gasteiger partial charge >= 0.3 is 0 Å². The van der Waals surface area contributed by atoms with E-state index in [-0.39, 0.29) is 11.6 Å². The highest BCUT2D eigenvalue weighted by Gasteiger charge is 2.00. The molecule has 0 fully saturated rings. The number of benzene rings is 2. The van der Waals surface area contributed by atoms with E-state index in [0.29, 0.717) is 11.4 Å². The summed E-state index contributed by atoms with van der Waals surface area (Å²) in [5, 5.41) is 8.29. The van der Waals surface area contributed by atoms with Crippen molar-refractivity contribution in [2.75, 3.05) is 0 Å². The van der Waals surface area contributed by atoms with Gasteiger partial charge in [-0.15, -0.1) is 6.42 Å². The van der Waals surface area contributed by atoms with E-state index in [4.69, 9.17) is 6.42 Å². The molecule has 4 aromatic heterocycles. The number of hydrogen-bond acceptors (Lipinski definition) is 6. The maximum absolute atomic E-state index is 12.9. The van der Waals surface area contributed by atoms with Crippen molar-refractivity contribution >= 4 is 22.6 Å². The number of nitrogens with zero attached hydrogens (tertiary/aromatic N) is 8. The topological polar surface area (TPSA) is 87.2 Å². The smallest absolute Gasteiger partial charge is 0.131 e. The Balaban J connectivity index is 0.000000158. The number of rotatable bonds is 2. The van der Waals surface area contributed by atoms with E-state index in [2.05, 4.69) is 70.5 Å². The Kier molecular flexibility index (Phi) is 10.3. The molecule has 4 heterocycles. The second-order valence-electron chi connectivity index (χ2n) is 7.81. The van der Waals surface area contributed by atoms with Crippen LogP contribution in [0.25, 0.3) is 11.4 Å². The molecule has 0 spiro atoms. The van der Waals surface area contributed by atoms with Crippen molar-refractivity contribution in [1.82, 2.24) is 39.5 Å². The Morgan fingerprint density at radius 3 is 1.63 bits per heavy atom. The molecular weight excluding hydrogens is 637 g/mol. The van der Waals surface area contributed by atoms with Crippen LogP contribution in [0.15, 0.2) is 110 Å². The summed E-state index contributed by atoms with van der Waals surface area (Å²) in [6.07, 6.45) is 21.5. The highest BCUT2D eigenvalue weighted by atomic mass is 127. The molecular formula is C30H19F2IN8. The fourth-order valence-electron chi connectivity index (χ4n) is 3.03. The predicted octanol–water partition coefficient (Wildman–Crippen LogP) is 5.28. The summed E-state index contributed by atoms with van der Waals surface area (Å²) < 4.78 is 29.8. The standard InChI is InChI=1S/C15H9FN4.C9H6FIN2.C6H4N2/c16-13-2-5-15(6-3-13)20-11-12(9-19-20)1-4-14-10-17-7-8-18-14;10-7-1-3-9(4-2-7)13-6-8(11)5-12-13;1-2-6-5-7-3-4-8-6/h2-3,5-11H;1-6H;1,3-5H. The molecule has 41 heavy (non-hydrogen) atoms. The van der Waals surface area contributed by atoms with Gasteiger partial charge in [0.1, 0.15) is 23.0 Å². The van der Waals surface area contributed by atoms with Crippen LogP contribution in [0, 0.1) is 39.4 Å². The van der Waals surface area contributed by atoms with Crippen molar-refractivity contribution in [2.24, 2.45) is 0 Å². The van der Waals surface area contributed by atoms with Gasteiger partial charge in [0.25, 0.3) is 0 Å². The van der Waals surface area contributed by atoms with E-state index in [1.165, 1.54) is 24.3 Å². The lowest BCUT2D eigenvalue weighted by molar-refractivity contribution is 0.626. The van der Waals surface area contributed by atoms with Gasteiger partial charge in [0.05, 0.1) is 45.3 Å². The van der Waals surface area contributed by atoms with Crippen molar-refractivity contribution in [2.45, 2.75) is 0 Å². The average Bonchev–Trinajstić information content (AvgIpc) is 3.68. The van der Waals surface area contributed by atoms with Gasteiger partial charge in [-0.3, -0.25) is 9.97 Å². The summed E-state index contributed by atoms with van der Waals surface area (Å²) in [7, 11) is 0. The molecule has 200 valence electrons. The fraction of sp³-hybridized carbons (Fsp3) is 0. The van der Waals surface area contributed by atoms with Crippen molar-refractivity contribution in [3.8, 4) is 35.6 Å². The summed E-state index contributed by atoms with van der Waals surface area (Å²) in [6.45, 7) is 0. The Morgan fingerprint density at radius 1 is 0.634 bits per heavy atom. The maximum Gasteiger partial charge on any atom is 0.131 e. The number of aromatic nitrogens is 8. The van der Waals surface area contributed by atoms with Crippen LogP contribution in [0.5, 0.6) is 0 Å². The summed E-state index contributed by atoms with van der Waals surface area (Å²) >= 11 is 2.18. The monoisotopic (exact) mass is 656 g/mol. The SMILES string of the molecule is C#Cc1cnccn1.Fc1ccc(-n2cc(C#Cc3cnccn3)cn2)cc1.Fc1ccc(-n2cc(I)cn2)cc1. The van der Waals surface area contributed by atoms with Crippen LogP contribution >= 0.6 is 22.6 Å². The molecule has 0 aliphatic heterocycles. The molecule has 2 aromatic carbocycles. The maximum atomic E-state index is 12.9. The summed E-state index contributed by atoms with van der Waals surface area (Å²) in [5.41, 5.74) is 3.57. The van der Waals surface area contributed by atoms with Crippen LogP contribution in [0.2, 0.25) is 0 Å². The zero-order chi connectivity index (χ0) is 28.9. The van der Waals surface area contributed by atoms with Crippen molar-refractivity contribution in [1.29, 1.82) is 0 Å². The molecule has 0 unspecified atom stereocenters. The van der Waals surface area contributed by atoms with Gasteiger partial charge in [0, 0.05) is 37.2 Å². The highest BCUT2D eigenvalue weighted by Crippen LogP contribution is 2.11. The molecule has 0 aliphatic rings. The van der Waals surface area contributed by atoms with Gasteiger partial charge < -0.3 is 0 Å². The molecule has 0 amide bonds. The predicted molar refractivity (Wildman–Crippen MR) is 158 cm³/mol. The molecule has 6 aromatic rings. The number of terminal acetylenes is 1. The largest absolute Gasteiger partial charge is 0.260 e. The Bertz CT molecular complexity index is 1770. The minimum atomic E-state index is -0.274. The quantitative estimate of drug-likeness (QED) is 0.187.